The summed E-state index contributed by atoms with van der Waals surface area (Å²) in [4.78, 5) is 38.1. The molecule has 3 aliphatic rings. The smallest absolute Gasteiger partial charge is 0.240 e. The van der Waals surface area contributed by atoms with E-state index in [0.717, 1.165) is 25.7 Å². The van der Waals surface area contributed by atoms with Gasteiger partial charge in [0.2, 0.25) is 17.7 Å². The summed E-state index contributed by atoms with van der Waals surface area (Å²) in [5.74, 6) is 0.741. The van der Waals surface area contributed by atoms with Crippen LogP contribution in [0.5, 0.6) is 0 Å². The lowest BCUT2D eigenvalue weighted by Crippen LogP contribution is -2.44. The molecule has 0 aromatic heterocycles. The monoisotopic (exact) mass is 306 g/mol. The molecule has 5 nitrogen and oxygen atoms in total. The molecule has 1 heterocycles. The molecule has 1 saturated heterocycles. The fourth-order valence-electron chi connectivity index (χ4n) is 3.88. The summed E-state index contributed by atoms with van der Waals surface area (Å²) in [5, 5.41) is 2.87. The normalized spacial score (nSPS) is 32.4. The van der Waals surface area contributed by atoms with E-state index in [1.54, 1.807) is 0 Å². The van der Waals surface area contributed by atoms with Gasteiger partial charge in [-0.1, -0.05) is 13.3 Å². The van der Waals surface area contributed by atoms with Crippen molar-refractivity contribution in [2.24, 2.45) is 17.3 Å². The number of imide groups is 1. The SMILES string of the molecule is CC1CCC2(CC1)CC(=O)N(CC(=O)NCC1CCC1)C2=O. The second kappa shape index (κ2) is 6.01. The van der Waals surface area contributed by atoms with E-state index in [9.17, 15) is 14.4 Å². The van der Waals surface area contributed by atoms with Gasteiger partial charge in [0.25, 0.3) is 0 Å². The van der Waals surface area contributed by atoms with Crippen molar-refractivity contribution in [1.29, 1.82) is 0 Å². The Labute approximate surface area is 131 Å². The lowest BCUT2D eigenvalue weighted by atomic mass is 9.70. The van der Waals surface area contributed by atoms with Crippen LogP contribution in [0.4, 0.5) is 0 Å². The zero-order valence-corrected chi connectivity index (χ0v) is 13.4. The topological polar surface area (TPSA) is 66.5 Å². The molecule has 1 spiro atoms. The molecule has 2 saturated carbocycles. The molecule has 0 bridgehead atoms. The molecule has 22 heavy (non-hydrogen) atoms. The summed E-state index contributed by atoms with van der Waals surface area (Å²) in [6.45, 7) is 2.78. The molecule has 3 amide bonds. The molecule has 0 unspecified atom stereocenters. The van der Waals surface area contributed by atoms with E-state index in [-0.39, 0.29) is 24.3 Å². The van der Waals surface area contributed by atoms with E-state index in [0.29, 0.717) is 24.8 Å². The van der Waals surface area contributed by atoms with E-state index in [2.05, 4.69) is 12.2 Å². The maximum absolute atomic E-state index is 12.7. The van der Waals surface area contributed by atoms with Crippen LogP contribution >= 0.6 is 0 Å². The van der Waals surface area contributed by atoms with Crippen molar-refractivity contribution in [3.8, 4) is 0 Å². The van der Waals surface area contributed by atoms with Crippen LogP contribution in [0.1, 0.15) is 58.3 Å². The lowest BCUT2D eigenvalue weighted by molar-refractivity contribution is -0.145. The quantitative estimate of drug-likeness (QED) is 0.806. The Balaban J connectivity index is 1.55. The molecule has 3 fully saturated rings. The fourth-order valence-corrected chi connectivity index (χ4v) is 3.88. The van der Waals surface area contributed by atoms with Crippen LogP contribution in [0.2, 0.25) is 0 Å². The molecule has 5 heteroatoms. The number of hydrogen-bond acceptors (Lipinski definition) is 3. The van der Waals surface area contributed by atoms with Gasteiger partial charge in [-0.2, -0.15) is 0 Å². The third-order valence-electron chi connectivity index (χ3n) is 5.84. The predicted molar refractivity (Wildman–Crippen MR) is 81.8 cm³/mol. The molecule has 0 aromatic rings. The molecule has 1 N–H and O–H groups in total. The summed E-state index contributed by atoms with van der Waals surface area (Å²) < 4.78 is 0. The van der Waals surface area contributed by atoms with Crippen molar-refractivity contribution in [3.63, 3.8) is 0 Å². The molecule has 3 rings (SSSR count). The molecular weight excluding hydrogens is 280 g/mol. The maximum atomic E-state index is 12.7. The van der Waals surface area contributed by atoms with E-state index in [1.165, 1.54) is 24.2 Å². The van der Waals surface area contributed by atoms with Gasteiger partial charge < -0.3 is 5.32 Å². The Bertz CT molecular complexity index is 476. The highest BCUT2D eigenvalue weighted by atomic mass is 16.2. The first-order valence-electron chi connectivity index (χ1n) is 8.62. The van der Waals surface area contributed by atoms with Crippen LogP contribution in [0.15, 0.2) is 0 Å². The predicted octanol–water partition coefficient (Wildman–Crippen LogP) is 1.86. The standard InChI is InChI=1S/C17H26N2O3/c1-12-5-7-17(8-6-12)9-15(21)19(16(17)22)11-14(20)18-10-13-3-2-4-13/h12-13H,2-11H2,1H3,(H,18,20). The molecule has 122 valence electrons. The van der Waals surface area contributed by atoms with Crippen LogP contribution in [-0.2, 0) is 14.4 Å². The zero-order valence-electron chi connectivity index (χ0n) is 13.4. The molecule has 0 atom stereocenters. The summed E-state index contributed by atoms with van der Waals surface area (Å²) in [6.07, 6.45) is 7.46. The molecule has 1 aliphatic heterocycles. The van der Waals surface area contributed by atoms with Gasteiger partial charge in [-0.3, -0.25) is 19.3 Å². The van der Waals surface area contributed by atoms with Crippen molar-refractivity contribution in [3.05, 3.63) is 0 Å². The summed E-state index contributed by atoms with van der Waals surface area (Å²) in [5.41, 5.74) is -0.502. The van der Waals surface area contributed by atoms with Crippen molar-refractivity contribution in [2.45, 2.75) is 58.3 Å². The largest absolute Gasteiger partial charge is 0.354 e. The number of carbonyl (C=O) groups excluding carboxylic acids is 3. The summed E-state index contributed by atoms with van der Waals surface area (Å²) in [6, 6.07) is 0. The molecule has 0 radical (unpaired) electrons. The number of nitrogens with one attached hydrogen (secondary N) is 1. The second-order valence-electron chi connectivity index (χ2n) is 7.53. The van der Waals surface area contributed by atoms with Crippen molar-refractivity contribution in [1.82, 2.24) is 10.2 Å². The zero-order chi connectivity index (χ0) is 15.7. The Morgan fingerprint density at radius 1 is 1.23 bits per heavy atom. The Morgan fingerprint density at radius 3 is 2.50 bits per heavy atom. The van der Waals surface area contributed by atoms with Gasteiger partial charge in [0.05, 0.1) is 5.41 Å². The average molecular weight is 306 g/mol. The van der Waals surface area contributed by atoms with Gasteiger partial charge in [0.1, 0.15) is 6.54 Å². The summed E-state index contributed by atoms with van der Waals surface area (Å²) >= 11 is 0. The highest BCUT2D eigenvalue weighted by Gasteiger charge is 2.52. The number of likely N-dealkylation sites (tertiary alicyclic amines) is 1. The Hall–Kier alpha value is -1.39. The number of hydrogen-bond donors (Lipinski definition) is 1. The minimum absolute atomic E-state index is 0.0955. The second-order valence-corrected chi connectivity index (χ2v) is 7.53. The van der Waals surface area contributed by atoms with Crippen LogP contribution in [-0.4, -0.2) is 35.7 Å². The van der Waals surface area contributed by atoms with Crippen molar-refractivity contribution < 1.29 is 14.4 Å². The average Bonchev–Trinajstić information content (AvgIpc) is 2.65. The Kier molecular flexibility index (Phi) is 4.24. The third-order valence-corrected chi connectivity index (χ3v) is 5.84. The first kappa shape index (κ1) is 15.5. The highest BCUT2D eigenvalue weighted by molar-refractivity contribution is 6.08. The fraction of sp³-hybridized carbons (Fsp3) is 0.824. The van der Waals surface area contributed by atoms with E-state index in [4.69, 9.17) is 0 Å². The number of nitrogens with zero attached hydrogens (tertiary/aromatic N) is 1. The summed E-state index contributed by atoms with van der Waals surface area (Å²) in [7, 11) is 0. The van der Waals surface area contributed by atoms with E-state index in [1.807, 2.05) is 0 Å². The van der Waals surface area contributed by atoms with E-state index >= 15 is 0 Å². The van der Waals surface area contributed by atoms with Crippen molar-refractivity contribution in [2.75, 3.05) is 13.1 Å². The highest BCUT2D eigenvalue weighted by Crippen LogP contribution is 2.46. The van der Waals surface area contributed by atoms with E-state index < -0.39 is 5.41 Å². The minimum atomic E-state index is -0.502. The van der Waals surface area contributed by atoms with Crippen LogP contribution < -0.4 is 5.32 Å². The van der Waals surface area contributed by atoms with Crippen LogP contribution in [0.25, 0.3) is 0 Å². The first-order chi connectivity index (χ1) is 10.5. The number of amides is 3. The lowest BCUT2D eigenvalue weighted by Gasteiger charge is -2.33. The van der Waals surface area contributed by atoms with Gasteiger partial charge in [-0.25, -0.2) is 0 Å². The Morgan fingerprint density at radius 2 is 1.91 bits per heavy atom. The van der Waals surface area contributed by atoms with Gasteiger partial charge in [-0.15, -0.1) is 0 Å². The van der Waals surface area contributed by atoms with Crippen LogP contribution in [0, 0.1) is 17.3 Å². The van der Waals surface area contributed by atoms with Gasteiger partial charge in [-0.05, 0) is 50.4 Å². The minimum Gasteiger partial charge on any atom is -0.354 e. The third kappa shape index (κ3) is 2.90. The molecule has 2 aliphatic carbocycles. The maximum Gasteiger partial charge on any atom is 0.240 e. The van der Waals surface area contributed by atoms with Gasteiger partial charge >= 0.3 is 0 Å². The first-order valence-corrected chi connectivity index (χ1v) is 8.62. The number of carbonyl (C=O) groups is 3. The van der Waals surface area contributed by atoms with Crippen LogP contribution in [0.3, 0.4) is 0 Å². The molecular formula is C17H26N2O3. The molecule has 0 aromatic carbocycles. The van der Waals surface area contributed by atoms with Crippen molar-refractivity contribution >= 4 is 17.7 Å². The van der Waals surface area contributed by atoms with Gasteiger partial charge in [0, 0.05) is 13.0 Å². The number of rotatable bonds is 4. The van der Waals surface area contributed by atoms with Gasteiger partial charge in [0.15, 0.2) is 0 Å².